The van der Waals surface area contributed by atoms with Crippen molar-refractivity contribution in [2.45, 2.75) is 26.4 Å². The number of rotatable bonds is 4. The van der Waals surface area contributed by atoms with Gasteiger partial charge in [0.15, 0.2) is 0 Å². The van der Waals surface area contributed by atoms with E-state index in [1.54, 1.807) is 87.5 Å². The van der Waals surface area contributed by atoms with Crippen LogP contribution in [0.5, 0.6) is 11.5 Å². The summed E-state index contributed by atoms with van der Waals surface area (Å²) in [7, 11) is 1.31. The fraction of sp³-hybridized carbons (Fsp3) is 0.179. The van der Waals surface area contributed by atoms with Crippen molar-refractivity contribution in [1.29, 1.82) is 0 Å². The van der Waals surface area contributed by atoms with Gasteiger partial charge in [0.2, 0.25) is 0 Å². The lowest BCUT2D eigenvalue weighted by atomic mass is 10.0. The highest BCUT2D eigenvalue weighted by Crippen LogP contribution is 2.41. The monoisotopic (exact) mass is 583 g/mol. The van der Waals surface area contributed by atoms with Crippen LogP contribution in [0.3, 0.4) is 0 Å². The molecule has 0 aromatic heterocycles. The molecule has 37 heavy (non-hydrogen) atoms. The summed E-state index contributed by atoms with van der Waals surface area (Å²) in [6.45, 7) is 5.18. The molecule has 4 rings (SSSR count). The number of nitrogens with zero attached hydrogens (tertiary/aromatic N) is 1. The molecular weight excluding hydrogens is 562 g/mol. The summed E-state index contributed by atoms with van der Waals surface area (Å²) in [6, 6.07) is 16.7. The van der Waals surface area contributed by atoms with Crippen molar-refractivity contribution in [2.75, 3.05) is 12.0 Å². The molecule has 3 aromatic rings. The van der Waals surface area contributed by atoms with Gasteiger partial charge < -0.3 is 14.2 Å². The van der Waals surface area contributed by atoms with E-state index in [-0.39, 0.29) is 5.57 Å². The molecule has 2 amide bonds. The average Bonchev–Trinajstić information content (AvgIpc) is 3.10. The Hall–Kier alpha value is -3.62. The molecule has 1 aliphatic rings. The summed E-state index contributed by atoms with van der Waals surface area (Å²) in [4.78, 5) is 39.2. The van der Waals surface area contributed by atoms with Crippen molar-refractivity contribution in [3.8, 4) is 11.5 Å². The lowest BCUT2D eigenvalue weighted by Gasteiger charge is -2.23. The van der Waals surface area contributed by atoms with Crippen LogP contribution in [0.4, 0.5) is 10.5 Å². The minimum absolute atomic E-state index is 0.279. The summed E-state index contributed by atoms with van der Waals surface area (Å²) >= 11 is 9.66. The van der Waals surface area contributed by atoms with E-state index >= 15 is 0 Å². The van der Waals surface area contributed by atoms with Crippen LogP contribution >= 0.6 is 27.5 Å². The zero-order valence-electron chi connectivity index (χ0n) is 20.5. The molecule has 0 spiro atoms. The smallest absolute Gasteiger partial charge is 0.422 e. The molecule has 1 aliphatic heterocycles. The van der Waals surface area contributed by atoms with E-state index in [4.69, 9.17) is 25.8 Å². The van der Waals surface area contributed by atoms with Gasteiger partial charge >= 0.3 is 12.1 Å². The highest BCUT2D eigenvalue weighted by Gasteiger charge is 2.39. The maximum atomic E-state index is 13.5. The van der Waals surface area contributed by atoms with Crippen molar-refractivity contribution >= 4 is 62.8 Å². The standard InChI is InChI=1S/C28H23BrClNO6/c1-28(2,3)37-27(34)31-23-15-19(30)8-11-21(23)22(25(31)32)14-17-13-18(29)7-12-24(17)36-20-9-5-16(6-10-20)26(33)35-4/h5-15H,1-4H3. The molecule has 1 heterocycles. The van der Waals surface area contributed by atoms with Gasteiger partial charge in [-0.05, 0) is 81.4 Å². The highest BCUT2D eigenvalue weighted by molar-refractivity contribution is 9.10. The fourth-order valence-corrected chi connectivity index (χ4v) is 4.22. The number of fused-ring (bicyclic) bond motifs is 1. The maximum Gasteiger partial charge on any atom is 0.422 e. The molecule has 3 aromatic carbocycles. The van der Waals surface area contributed by atoms with E-state index in [9.17, 15) is 14.4 Å². The predicted molar refractivity (Wildman–Crippen MR) is 145 cm³/mol. The highest BCUT2D eigenvalue weighted by atomic mass is 79.9. The van der Waals surface area contributed by atoms with Gasteiger partial charge in [-0.25, -0.2) is 14.5 Å². The van der Waals surface area contributed by atoms with Crippen LogP contribution in [-0.2, 0) is 14.3 Å². The Kier molecular flexibility index (Phi) is 7.43. The molecule has 0 bridgehead atoms. The van der Waals surface area contributed by atoms with Gasteiger partial charge in [-0.3, -0.25) is 4.79 Å². The first-order valence-corrected chi connectivity index (χ1v) is 12.4. The average molecular weight is 585 g/mol. The topological polar surface area (TPSA) is 82.1 Å². The first-order chi connectivity index (χ1) is 17.5. The molecule has 9 heteroatoms. The Morgan fingerprint density at radius 1 is 1.00 bits per heavy atom. The number of methoxy groups -OCH3 is 1. The van der Waals surface area contributed by atoms with E-state index < -0.39 is 23.6 Å². The van der Waals surface area contributed by atoms with Crippen LogP contribution in [0.1, 0.15) is 42.3 Å². The Balaban J connectivity index is 1.74. The van der Waals surface area contributed by atoms with E-state index in [0.29, 0.717) is 38.9 Å². The van der Waals surface area contributed by atoms with Crippen molar-refractivity contribution in [3.63, 3.8) is 0 Å². The quantitative estimate of drug-likeness (QED) is 0.233. The minimum Gasteiger partial charge on any atom is -0.465 e. The number of hydrogen-bond acceptors (Lipinski definition) is 6. The SMILES string of the molecule is COC(=O)c1ccc(Oc2ccc(Br)cc2C=C2C(=O)N(C(=O)OC(C)(C)C)c3cc(Cl)ccc32)cc1. The third kappa shape index (κ3) is 5.87. The number of esters is 1. The van der Waals surface area contributed by atoms with E-state index in [0.717, 1.165) is 9.37 Å². The van der Waals surface area contributed by atoms with Crippen LogP contribution in [0, 0.1) is 0 Å². The van der Waals surface area contributed by atoms with Crippen LogP contribution < -0.4 is 9.64 Å². The van der Waals surface area contributed by atoms with Crippen LogP contribution in [0.15, 0.2) is 65.1 Å². The Bertz CT molecular complexity index is 1430. The second kappa shape index (κ2) is 10.4. The molecule has 190 valence electrons. The number of benzene rings is 3. The lowest BCUT2D eigenvalue weighted by Crippen LogP contribution is -2.38. The normalized spacial score (nSPS) is 13.9. The summed E-state index contributed by atoms with van der Waals surface area (Å²) < 4.78 is 17.0. The molecular formula is C28H23BrClNO6. The molecule has 0 unspecified atom stereocenters. The molecule has 0 fully saturated rings. The molecule has 0 atom stereocenters. The van der Waals surface area contributed by atoms with Crippen molar-refractivity contribution in [2.24, 2.45) is 0 Å². The second-order valence-corrected chi connectivity index (χ2v) is 10.5. The summed E-state index contributed by atoms with van der Waals surface area (Å²) in [5.41, 5.74) is 1.34. The lowest BCUT2D eigenvalue weighted by molar-refractivity contribution is -0.112. The number of amides is 2. The van der Waals surface area contributed by atoms with Crippen LogP contribution in [0.25, 0.3) is 11.6 Å². The predicted octanol–water partition coefficient (Wildman–Crippen LogP) is 7.50. The first-order valence-electron chi connectivity index (χ1n) is 11.2. The maximum absolute atomic E-state index is 13.5. The van der Waals surface area contributed by atoms with Gasteiger partial charge in [-0.15, -0.1) is 0 Å². The van der Waals surface area contributed by atoms with Gasteiger partial charge in [0.1, 0.15) is 17.1 Å². The summed E-state index contributed by atoms with van der Waals surface area (Å²) in [5.74, 6) is -0.0518. The van der Waals surface area contributed by atoms with Gasteiger partial charge in [-0.1, -0.05) is 33.6 Å². The number of carbonyl (C=O) groups excluding carboxylic acids is 3. The van der Waals surface area contributed by atoms with Gasteiger partial charge in [0.05, 0.1) is 23.9 Å². The molecule has 0 saturated heterocycles. The van der Waals surface area contributed by atoms with Crippen LogP contribution in [-0.4, -0.2) is 30.7 Å². The number of carbonyl (C=O) groups is 3. The molecule has 0 saturated carbocycles. The van der Waals surface area contributed by atoms with E-state index in [2.05, 4.69) is 15.9 Å². The van der Waals surface area contributed by atoms with Crippen molar-refractivity contribution in [1.82, 2.24) is 0 Å². The zero-order chi connectivity index (χ0) is 26.9. The molecule has 0 radical (unpaired) electrons. The molecule has 0 N–H and O–H groups in total. The first kappa shape index (κ1) is 26.4. The zero-order valence-corrected chi connectivity index (χ0v) is 22.8. The Morgan fingerprint density at radius 3 is 2.35 bits per heavy atom. The summed E-state index contributed by atoms with van der Waals surface area (Å²) in [6.07, 6.45) is 0.864. The third-order valence-electron chi connectivity index (χ3n) is 5.28. The Morgan fingerprint density at radius 2 is 1.70 bits per heavy atom. The van der Waals surface area contributed by atoms with E-state index in [1.165, 1.54) is 7.11 Å². The summed E-state index contributed by atoms with van der Waals surface area (Å²) in [5, 5.41) is 0.378. The third-order valence-corrected chi connectivity index (χ3v) is 6.00. The molecule has 7 nitrogen and oxygen atoms in total. The fourth-order valence-electron chi connectivity index (χ4n) is 3.68. The number of imide groups is 1. The van der Waals surface area contributed by atoms with Crippen LogP contribution in [0.2, 0.25) is 5.02 Å². The number of ether oxygens (including phenoxy) is 3. The number of anilines is 1. The Labute approximate surface area is 227 Å². The largest absolute Gasteiger partial charge is 0.465 e. The van der Waals surface area contributed by atoms with Crippen molar-refractivity contribution < 1.29 is 28.6 Å². The van der Waals surface area contributed by atoms with Gasteiger partial charge in [-0.2, -0.15) is 0 Å². The second-order valence-electron chi connectivity index (χ2n) is 9.14. The number of halogens is 2. The molecule has 0 aliphatic carbocycles. The van der Waals surface area contributed by atoms with Gasteiger partial charge in [0.25, 0.3) is 5.91 Å². The minimum atomic E-state index is -0.794. The van der Waals surface area contributed by atoms with Gasteiger partial charge in [0, 0.05) is 20.6 Å². The van der Waals surface area contributed by atoms with Crippen molar-refractivity contribution in [3.05, 3.63) is 86.8 Å². The number of hydrogen-bond donors (Lipinski definition) is 0. The van der Waals surface area contributed by atoms with E-state index in [1.807, 2.05) is 0 Å².